The summed E-state index contributed by atoms with van der Waals surface area (Å²) in [5.41, 5.74) is 7.11. The first-order valence-electron chi connectivity index (χ1n) is 11.7. The van der Waals surface area contributed by atoms with Gasteiger partial charge in [0, 0.05) is 18.7 Å². The lowest BCUT2D eigenvalue weighted by Crippen LogP contribution is -2.32. The summed E-state index contributed by atoms with van der Waals surface area (Å²) in [4.78, 5) is 20.9. The first-order chi connectivity index (χ1) is 17.7. The number of benzene rings is 2. The number of fused-ring (bicyclic) bond motifs is 1. The van der Waals surface area contributed by atoms with Crippen molar-refractivity contribution < 1.29 is 22.4 Å². The topological polar surface area (TPSA) is 111 Å². The molecule has 192 valence electrons. The van der Waals surface area contributed by atoms with E-state index in [0.29, 0.717) is 46.3 Å². The van der Waals surface area contributed by atoms with E-state index in [-0.39, 0.29) is 12.6 Å². The summed E-state index contributed by atoms with van der Waals surface area (Å²) in [7, 11) is 0. The highest BCUT2D eigenvalue weighted by atomic mass is 19.4. The Hall–Kier alpha value is -4.06. The number of nitrogens with two attached hydrogens (primary N) is 1. The molecule has 0 spiro atoms. The van der Waals surface area contributed by atoms with Crippen molar-refractivity contribution in [1.82, 2.24) is 30.4 Å². The SMILES string of the molecule is Nc1ncnc2c1c(-c1ccc(CNC(=O)c3cc(C(F)(F)F)ccc3F)cc1)nn2[C@@H]1CCCNC1. The Balaban J connectivity index is 1.36. The number of piperidine rings is 1. The molecule has 0 radical (unpaired) electrons. The van der Waals surface area contributed by atoms with Gasteiger partial charge in [0.15, 0.2) is 5.65 Å². The number of carbonyl (C=O) groups is 1. The maximum absolute atomic E-state index is 14.0. The molecule has 3 heterocycles. The average Bonchev–Trinajstić information content (AvgIpc) is 3.29. The predicted molar refractivity (Wildman–Crippen MR) is 129 cm³/mol. The smallest absolute Gasteiger partial charge is 0.383 e. The van der Waals surface area contributed by atoms with Gasteiger partial charge >= 0.3 is 6.18 Å². The van der Waals surface area contributed by atoms with Crippen molar-refractivity contribution >= 4 is 22.8 Å². The lowest BCUT2D eigenvalue weighted by atomic mass is 10.1. The van der Waals surface area contributed by atoms with Gasteiger partial charge in [-0.15, -0.1) is 0 Å². The second-order valence-electron chi connectivity index (χ2n) is 8.82. The second-order valence-corrected chi connectivity index (χ2v) is 8.82. The molecule has 8 nitrogen and oxygen atoms in total. The highest BCUT2D eigenvalue weighted by Crippen LogP contribution is 2.33. The predicted octanol–water partition coefficient (Wildman–Crippen LogP) is 4.09. The summed E-state index contributed by atoms with van der Waals surface area (Å²) in [5.74, 6) is -1.66. The van der Waals surface area contributed by atoms with Gasteiger partial charge < -0.3 is 16.4 Å². The summed E-state index contributed by atoms with van der Waals surface area (Å²) in [6.45, 7) is 1.71. The number of nitrogen functional groups attached to an aromatic ring is 1. The Bertz CT molecular complexity index is 1440. The van der Waals surface area contributed by atoms with E-state index in [0.717, 1.165) is 31.5 Å². The number of nitrogens with zero attached hydrogens (tertiary/aromatic N) is 4. The Morgan fingerprint density at radius 2 is 1.95 bits per heavy atom. The molecule has 37 heavy (non-hydrogen) atoms. The molecule has 12 heteroatoms. The van der Waals surface area contributed by atoms with E-state index in [4.69, 9.17) is 10.8 Å². The van der Waals surface area contributed by atoms with Crippen LogP contribution in [0.5, 0.6) is 0 Å². The van der Waals surface area contributed by atoms with Crippen molar-refractivity contribution in [2.24, 2.45) is 0 Å². The Labute approximate surface area is 208 Å². The molecule has 1 fully saturated rings. The van der Waals surface area contributed by atoms with Crippen molar-refractivity contribution in [2.45, 2.75) is 31.6 Å². The molecule has 0 bridgehead atoms. The molecule has 2 aromatic heterocycles. The summed E-state index contributed by atoms with van der Waals surface area (Å²) >= 11 is 0. The summed E-state index contributed by atoms with van der Waals surface area (Å²) in [5, 5.41) is 11.3. The molecule has 4 aromatic rings. The zero-order chi connectivity index (χ0) is 26.2. The van der Waals surface area contributed by atoms with Gasteiger partial charge in [0.25, 0.3) is 5.91 Å². The maximum Gasteiger partial charge on any atom is 0.416 e. The maximum atomic E-state index is 14.0. The van der Waals surface area contributed by atoms with Crippen LogP contribution < -0.4 is 16.4 Å². The van der Waals surface area contributed by atoms with Crippen LogP contribution in [-0.4, -0.2) is 38.7 Å². The second kappa shape index (κ2) is 9.77. The minimum absolute atomic E-state index is 0.0109. The number of amides is 1. The molecule has 1 amide bonds. The lowest BCUT2D eigenvalue weighted by Gasteiger charge is -2.23. The third kappa shape index (κ3) is 4.96. The first kappa shape index (κ1) is 24.6. The average molecular weight is 513 g/mol. The fourth-order valence-electron chi connectivity index (χ4n) is 4.43. The molecule has 0 unspecified atom stereocenters. The monoisotopic (exact) mass is 513 g/mol. The van der Waals surface area contributed by atoms with Gasteiger partial charge in [0.05, 0.1) is 22.6 Å². The zero-order valence-electron chi connectivity index (χ0n) is 19.5. The standard InChI is InChI=1S/C25H23F4N7O/c26-19-8-7-16(25(27,28)29)10-18(19)24(37)32-11-14-3-5-15(6-4-14)21-20-22(30)33-13-34-23(20)36(35-21)17-2-1-9-31-12-17/h3-8,10,13,17,31H,1-2,9,11-12H2,(H,32,37)(H2,30,33,34)/t17-/m1/s1. The fourth-order valence-corrected chi connectivity index (χ4v) is 4.43. The van der Waals surface area contributed by atoms with Gasteiger partial charge in [-0.2, -0.15) is 18.3 Å². The van der Waals surface area contributed by atoms with Crippen LogP contribution in [0, 0.1) is 5.82 Å². The van der Waals surface area contributed by atoms with E-state index in [9.17, 15) is 22.4 Å². The first-order valence-corrected chi connectivity index (χ1v) is 11.7. The normalized spacial score (nSPS) is 16.2. The van der Waals surface area contributed by atoms with E-state index in [2.05, 4.69) is 20.6 Å². The molecular weight excluding hydrogens is 490 g/mol. The van der Waals surface area contributed by atoms with Crippen molar-refractivity contribution in [1.29, 1.82) is 0 Å². The molecule has 1 aliphatic rings. The van der Waals surface area contributed by atoms with Crippen LogP contribution in [0.25, 0.3) is 22.3 Å². The third-order valence-electron chi connectivity index (χ3n) is 6.35. The largest absolute Gasteiger partial charge is 0.416 e. The van der Waals surface area contributed by atoms with E-state index < -0.39 is 29.0 Å². The lowest BCUT2D eigenvalue weighted by molar-refractivity contribution is -0.137. The van der Waals surface area contributed by atoms with Crippen LogP contribution in [0.1, 0.15) is 40.4 Å². The Morgan fingerprint density at radius 3 is 2.65 bits per heavy atom. The van der Waals surface area contributed by atoms with E-state index in [1.807, 2.05) is 4.68 Å². The van der Waals surface area contributed by atoms with E-state index >= 15 is 0 Å². The molecule has 5 rings (SSSR count). The molecular formula is C25H23F4N7O. The van der Waals surface area contributed by atoms with Gasteiger partial charge in [0.1, 0.15) is 23.7 Å². The molecule has 0 saturated carbocycles. The molecule has 4 N–H and O–H groups in total. The number of halogens is 4. The minimum Gasteiger partial charge on any atom is -0.383 e. The van der Waals surface area contributed by atoms with Gasteiger partial charge in [0.2, 0.25) is 0 Å². The van der Waals surface area contributed by atoms with Crippen LogP contribution in [0.3, 0.4) is 0 Å². The molecule has 1 aliphatic heterocycles. The molecule has 1 saturated heterocycles. The number of anilines is 1. The van der Waals surface area contributed by atoms with Gasteiger partial charge in [-0.05, 0) is 43.1 Å². The van der Waals surface area contributed by atoms with E-state index in [1.165, 1.54) is 6.33 Å². The number of hydrogen-bond donors (Lipinski definition) is 3. The van der Waals surface area contributed by atoms with Crippen molar-refractivity contribution in [2.75, 3.05) is 18.8 Å². The van der Waals surface area contributed by atoms with Crippen molar-refractivity contribution in [3.63, 3.8) is 0 Å². The number of hydrogen-bond acceptors (Lipinski definition) is 6. The highest BCUT2D eigenvalue weighted by molar-refractivity contribution is 5.98. The highest BCUT2D eigenvalue weighted by Gasteiger charge is 2.32. The fraction of sp³-hybridized carbons (Fsp3) is 0.280. The summed E-state index contributed by atoms with van der Waals surface area (Å²) in [6, 6.07) is 8.94. The number of rotatable bonds is 5. The van der Waals surface area contributed by atoms with Gasteiger partial charge in [-0.3, -0.25) is 4.79 Å². The number of alkyl halides is 3. The van der Waals surface area contributed by atoms with Crippen LogP contribution in [-0.2, 0) is 12.7 Å². The van der Waals surface area contributed by atoms with Crippen LogP contribution in [0.4, 0.5) is 23.4 Å². The Kier molecular flexibility index (Phi) is 6.50. The van der Waals surface area contributed by atoms with Crippen LogP contribution >= 0.6 is 0 Å². The minimum atomic E-state index is -4.68. The molecule has 0 aliphatic carbocycles. The van der Waals surface area contributed by atoms with Crippen molar-refractivity contribution in [3.8, 4) is 11.3 Å². The third-order valence-corrected chi connectivity index (χ3v) is 6.35. The van der Waals surface area contributed by atoms with Gasteiger partial charge in [-0.1, -0.05) is 24.3 Å². The van der Waals surface area contributed by atoms with Crippen molar-refractivity contribution in [3.05, 3.63) is 71.3 Å². The van der Waals surface area contributed by atoms with Gasteiger partial charge in [-0.25, -0.2) is 19.0 Å². The molecule has 2 aromatic carbocycles. The van der Waals surface area contributed by atoms with Crippen LogP contribution in [0.15, 0.2) is 48.8 Å². The number of nitrogens with one attached hydrogen (secondary N) is 2. The number of aromatic nitrogens is 4. The number of carbonyl (C=O) groups excluding carboxylic acids is 1. The molecule has 1 atom stereocenters. The summed E-state index contributed by atoms with van der Waals surface area (Å²) < 4.78 is 54.7. The Morgan fingerprint density at radius 1 is 1.16 bits per heavy atom. The quantitative estimate of drug-likeness (QED) is 0.347. The summed E-state index contributed by atoms with van der Waals surface area (Å²) in [6.07, 6.45) is -1.29. The van der Waals surface area contributed by atoms with E-state index in [1.54, 1.807) is 24.3 Å². The van der Waals surface area contributed by atoms with Crippen LogP contribution in [0.2, 0.25) is 0 Å². The zero-order valence-corrected chi connectivity index (χ0v) is 19.5.